The van der Waals surface area contributed by atoms with Gasteiger partial charge in [0.1, 0.15) is 6.42 Å². The molecular weight excluding hydrogens is 192 g/mol. The van der Waals surface area contributed by atoms with Crippen molar-refractivity contribution in [2.75, 3.05) is 13.2 Å². The van der Waals surface area contributed by atoms with E-state index in [1.54, 1.807) is 4.90 Å². The average molecular weight is 210 g/mol. The first-order chi connectivity index (χ1) is 7.29. The topological polar surface area (TPSA) is 64.3 Å². The summed E-state index contributed by atoms with van der Waals surface area (Å²) in [5.41, 5.74) is 0. The number of hydrogen-bond acceptors (Lipinski definition) is 3. The van der Waals surface area contributed by atoms with Gasteiger partial charge in [0, 0.05) is 12.6 Å². The van der Waals surface area contributed by atoms with E-state index in [1.807, 2.05) is 6.07 Å². The molecule has 1 rings (SSSR count). The largest absolute Gasteiger partial charge is 0.395 e. The minimum absolute atomic E-state index is 0.0202. The van der Waals surface area contributed by atoms with E-state index >= 15 is 0 Å². The van der Waals surface area contributed by atoms with Crippen LogP contribution in [0.4, 0.5) is 0 Å². The highest BCUT2D eigenvalue weighted by Crippen LogP contribution is 2.22. The van der Waals surface area contributed by atoms with Crippen LogP contribution < -0.4 is 0 Å². The van der Waals surface area contributed by atoms with Crippen molar-refractivity contribution in [3.63, 3.8) is 0 Å². The van der Waals surface area contributed by atoms with E-state index in [9.17, 15) is 4.79 Å². The van der Waals surface area contributed by atoms with Gasteiger partial charge in [-0.1, -0.05) is 19.3 Å². The number of carbonyl (C=O) groups excluding carboxylic acids is 1. The van der Waals surface area contributed by atoms with Crippen LogP contribution in [0.5, 0.6) is 0 Å². The maximum atomic E-state index is 11.6. The molecule has 0 unspecified atom stereocenters. The predicted octanol–water partition coefficient (Wildman–Crippen LogP) is 1.05. The number of nitrogens with zero attached hydrogens (tertiary/aromatic N) is 2. The van der Waals surface area contributed by atoms with Gasteiger partial charge >= 0.3 is 0 Å². The van der Waals surface area contributed by atoms with Gasteiger partial charge in [-0.3, -0.25) is 4.79 Å². The van der Waals surface area contributed by atoms with Gasteiger partial charge in [-0.05, 0) is 12.8 Å². The molecule has 0 aromatic carbocycles. The lowest BCUT2D eigenvalue weighted by Crippen LogP contribution is -2.42. The van der Waals surface area contributed by atoms with Crippen molar-refractivity contribution in [2.45, 2.75) is 44.6 Å². The molecule has 1 aliphatic rings. The number of aliphatic hydroxyl groups is 1. The van der Waals surface area contributed by atoms with Crippen molar-refractivity contribution in [2.24, 2.45) is 0 Å². The van der Waals surface area contributed by atoms with Crippen LogP contribution in [0.3, 0.4) is 0 Å². The zero-order chi connectivity index (χ0) is 11.1. The van der Waals surface area contributed by atoms with E-state index < -0.39 is 0 Å². The van der Waals surface area contributed by atoms with Crippen molar-refractivity contribution >= 4 is 5.91 Å². The molecule has 4 heteroatoms. The highest BCUT2D eigenvalue weighted by Gasteiger charge is 2.24. The van der Waals surface area contributed by atoms with Gasteiger partial charge in [0.05, 0.1) is 12.7 Å². The van der Waals surface area contributed by atoms with Gasteiger partial charge in [0.25, 0.3) is 0 Å². The van der Waals surface area contributed by atoms with E-state index in [-0.39, 0.29) is 25.0 Å². The van der Waals surface area contributed by atoms with Gasteiger partial charge in [0.2, 0.25) is 5.91 Å². The maximum absolute atomic E-state index is 11.6. The second-order valence-electron chi connectivity index (χ2n) is 3.94. The molecule has 0 atom stereocenters. The summed E-state index contributed by atoms with van der Waals surface area (Å²) >= 11 is 0. The monoisotopic (exact) mass is 210 g/mol. The van der Waals surface area contributed by atoms with Gasteiger partial charge < -0.3 is 10.0 Å². The summed E-state index contributed by atoms with van der Waals surface area (Å²) in [5.74, 6) is -0.140. The lowest BCUT2D eigenvalue weighted by Gasteiger charge is -2.33. The van der Waals surface area contributed by atoms with Crippen LogP contribution in [-0.4, -0.2) is 35.1 Å². The Balaban J connectivity index is 2.55. The second-order valence-corrected chi connectivity index (χ2v) is 3.94. The van der Waals surface area contributed by atoms with Crippen molar-refractivity contribution in [1.29, 1.82) is 5.26 Å². The predicted molar refractivity (Wildman–Crippen MR) is 55.9 cm³/mol. The molecule has 0 radical (unpaired) electrons. The number of aliphatic hydroxyl groups excluding tert-OH is 1. The molecule has 0 aliphatic heterocycles. The molecule has 1 saturated carbocycles. The van der Waals surface area contributed by atoms with E-state index in [0.29, 0.717) is 6.54 Å². The fourth-order valence-electron chi connectivity index (χ4n) is 2.18. The average Bonchev–Trinajstić information content (AvgIpc) is 2.27. The minimum atomic E-state index is -0.140. The third-order valence-electron chi connectivity index (χ3n) is 2.91. The molecular formula is C11H18N2O2. The Morgan fingerprint density at radius 1 is 1.40 bits per heavy atom. The number of nitriles is 1. The maximum Gasteiger partial charge on any atom is 0.237 e. The summed E-state index contributed by atoms with van der Waals surface area (Å²) in [5, 5.41) is 17.4. The van der Waals surface area contributed by atoms with E-state index in [2.05, 4.69) is 0 Å². The number of hydrogen-bond donors (Lipinski definition) is 1. The quantitative estimate of drug-likeness (QED) is 0.754. The zero-order valence-electron chi connectivity index (χ0n) is 8.98. The van der Waals surface area contributed by atoms with E-state index in [4.69, 9.17) is 10.4 Å². The Labute approximate surface area is 90.5 Å². The van der Waals surface area contributed by atoms with Crippen molar-refractivity contribution in [3.8, 4) is 6.07 Å². The summed E-state index contributed by atoms with van der Waals surface area (Å²) in [6.45, 7) is 0.346. The number of amides is 1. The first kappa shape index (κ1) is 12.0. The minimum Gasteiger partial charge on any atom is -0.395 e. The number of rotatable bonds is 4. The third kappa shape index (κ3) is 3.52. The van der Waals surface area contributed by atoms with Crippen LogP contribution in [-0.2, 0) is 4.79 Å². The van der Waals surface area contributed by atoms with Crippen molar-refractivity contribution in [3.05, 3.63) is 0 Å². The van der Waals surface area contributed by atoms with Crippen LogP contribution in [0.2, 0.25) is 0 Å². The Morgan fingerprint density at radius 3 is 2.60 bits per heavy atom. The van der Waals surface area contributed by atoms with Crippen molar-refractivity contribution in [1.82, 2.24) is 4.90 Å². The van der Waals surface area contributed by atoms with Crippen LogP contribution in [0.25, 0.3) is 0 Å². The van der Waals surface area contributed by atoms with Crippen LogP contribution in [0.15, 0.2) is 0 Å². The van der Waals surface area contributed by atoms with Crippen LogP contribution in [0, 0.1) is 11.3 Å². The molecule has 84 valence electrons. The smallest absolute Gasteiger partial charge is 0.237 e. The molecule has 15 heavy (non-hydrogen) atoms. The zero-order valence-corrected chi connectivity index (χ0v) is 8.98. The van der Waals surface area contributed by atoms with Gasteiger partial charge in [-0.15, -0.1) is 0 Å². The van der Waals surface area contributed by atoms with Crippen LogP contribution >= 0.6 is 0 Å². The molecule has 1 fully saturated rings. The fraction of sp³-hybridized carbons (Fsp3) is 0.818. The summed E-state index contributed by atoms with van der Waals surface area (Å²) < 4.78 is 0. The van der Waals surface area contributed by atoms with Gasteiger partial charge in [-0.2, -0.15) is 5.26 Å². The second kappa shape index (κ2) is 6.41. The molecule has 1 N–H and O–H groups in total. The Morgan fingerprint density at radius 2 is 2.07 bits per heavy atom. The SMILES string of the molecule is N#CCC(=O)N(CCO)C1CCCCC1. The standard InChI is InChI=1S/C11H18N2O2/c12-7-6-11(15)13(8-9-14)10-4-2-1-3-5-10/h10,14H,1-6,8-9H2. The Bertz CT molecular complexity index is 241. The molecule has 0 spiro atoms. The lowest BCUT2D eigenvalue weighted by molar-refractivity contribution is -0.133. The molecule has 0 aromatic heterocycles. The molecule has 1 aliphatic carbocycles. The van der Waals surface area contributed by atoms with Crippen molar-refractivity contribution < 1.29 is 9.90 Å². The summed E-state index contributed by atoms with van der Waals surface area (Å²) in [6.07, 6.45) is 5.47. The number of carbonyl (C=O) groups is 1. The first-order valence-corrected chi connectivity index (χ1v) is 5.57. The third-order valence-corrected chi connectivity index (χ3v) is 2.91. The molecule has 4 nitrogen and oxygen atoms in total. The first-order valence-electron chi connectivity index (χ1n) is 5.57. The summed E-state index contributed by atoms with van der Waals surface area (Å²) in [6, 6.07) is 2.11. The highest BCUT2D eigenvalue weighted by atomic mass is 16.3. The van der Waals surface area contributed by atoms with Crippen LogP contribution in [0.1, 0.15) is 38.5 Å². The van der Waals surface area contributed by atoms with E-state index in [0.717, 1.165) is 25.7 Å². The Kier molecular flexibility index (Phi) is 5.13. The molecule has 0 saturated heterocycles. The fourth-order valence-corrected chi connectivity index (χ4v) is 2.18. The molecule has 0 bridgehead atoms. The highest BCUT2D eigenvalue weighted by molar-refractivity contribution is 5.78. The summed E-state index contributed by atoms with van der Waals surface area (Å²) in [4.78, 5) is 13.3. The molecule has 0 heterocycles. The Hall–Kier alpha value is -1.08. The molecule has 0 aromatic rings. The van der Waals surface area contributed by atoms with E-state index in [1.165, 1.54) is 6.42 Å². The molecule has 1 amide bonds. The lowest BCUT2D eigenvalue weighted by atomic mass is 9.94. The van der Waals surface area contributed by atoms with Gasteiger partial charge in [0.15, 0.2) is 0 Å². The summed E-state index contributed by atoms with van der Waals surface area (Å²) in [7, 11) is 0. The normalized spacial score (nSPS) is 17.1. The van der Waals surface area contributed by atoms with Gasteiger partial charge in [-0.25, -0.2) is 0 Å².